The van der Waals surface area contributed by atoms with Crippen LogP contribution in [0.4, 0.5) is 0 Å². The van der Waals surface area contributed by atoms with Crippen LogP contribution in [0, 0.1) is 6.92 Å². The molecule has 1 aromatic rings. The summed E-state index contributed by atoms with van der Waals surface area (Å²) < 4.78 is 24.9. The molecule has 8 heteroatoms. The molecule has 0 amide bonds. The summed E-state index contributed by atoms with van der Waals surface area (Å²) in [4.78, 5) is 19.1. The van der Waals surface area contributed by atoms with E-state index in [2.05, 4.69) is 0 Å². The van der Waals surface area contributed by atoms with Crippen molar-refractivity contribution in [3.05, 3.63) is 29.8 Å². The number of sulfone groups is 1. The molecule has 21 heavy (non-hydrogen) atoms. The van der Waals surface area contributed by atoms with Crippen molar-refractivity contribution >= 4 is 21.8 Å². The molecule has 0 heterocycles. The van der Waals surface area contributed by atoms with E-state index in [1.807, 2.05) is 0 Å². The number of hydrogen-bond donors (Lipinski definition) is 3. The van der Waals surface area contributed by atoms with Crippen molar-refractivity contribution in [1.29, 1.82) is 0 Å². The second kappa shape index (κ2) is 6.23. The van der Waals surface area contributed by atoms with Crippen molar-refractivity contribution in [3.8, 4) is 0 Å². The summed E-state index contributed by atoms with van der Waals surface area (Å²) in [5.41, 5.74) is 6.41. The normalized spacial score (nSPS) is 14.4. The average Bonchev–Trinajstić information content (AvgIpc) is 2.38. The highest BCUT2D eigenvalue weighted by atomic mass is 32.2. The molecule has 0 spiro atoms. The summed E-state index contributed by atoms with van der Waals surface area (Å²) in [5, 5.41) is 17.8. The van der Waals surface area contributed by atoms with E-state index in [4.69, 9.17) is 10.8 Å². The van der Waals surface area contributed by atoms with Crippen LogP contribution in [0.3, 0.4) is 0 Å². The molecule has 0 aromatic heterocycles. The van der Waals surface area contributed by atoms with Gasteiger partial charge in [-0.15, -0.1) is 0 Å². The van der Waals surface area contributed by atoms with Gasteiger partial charge in [0.05, 0.1) is 4.90 Å². The van der Waals surface area contributed by atoms with Gasteiger partial charge in [-0.2, -0.15) is 0 Å². The number of carboxylic acids is 2. The van der Waals surface area contributed by atoms with E-state index in [0.717, 1.165) is 5.56 Å². The van der Waals surface area contributed by atoms with Gasteiger partial charge in [0.25, 0.3) is 0 Å². The second-order valence-corrected chi connectivity index (χ2v) is 6.97. The number of rotatable bonds is 7. The molecule has 4 N–H and O–H groups in total. The third kappa shape index (κ3) is 3.59. The van der Waals surface area contributed by atoms with Gasteiger partial charge in [-0.25, -0.2) is 13.2 Å². The van der Waals surface area contributed by atoms with Gasteiger partial charge < -0.3 is 15.9 Å². The number of carbonyl (C=O) groups is 2. The molecule has 0 aliphatic rings. The molecular formula is C13H17NO6S. The lowest BCUT2D eigenvalue weighted by atomic mass is 10.1. The van der Waals surface area contributed by atoms with Crippen LogP contribution < -0.4 is 5.73 Å². The van der Waals surface area contributed by atoms with Gasteiger partial charge in [-0.05, 0) is 31.9 Å². The van der Waals surface area contributed by atoms with E-state index in [-0.39, 0.29) is 17.7 Å². The standard InChI is InChI=1S/C13H17NO6S/c1-9-4-6-10(7-5-9)21(19,20)13(14,12(17)18)8-2-3-11(15)16/h4-7H,2-3,8,14H2,1H3,(H,15,16)(H,17,18). The quantitative estimate of drug-likeness (QED) is 0.676. The van der Waals surface area contributed by atoms with Gasteiger partial charge >= 0.3 is 11.9 Å². The minimum Gasteiger partial charge on any atom is -0.481 e. The number of hydrogen-bond acceptors (Lipinski definition) is 5. The van der Waals surface area contributed by atoms with Crippen molar-refractivity contribution in [2.45, 2.75) is 36.0 Å². The monoisotopic (exact) mass is 315 g/mol. The first-order chi connectivity index (χ1) is 9.61. The lowest BCUT2D eigenvalue weighted by Crippen LogP contribution is -2.54. The first-order valence-electron chi connectivity index (χ1n) is 6.16. The predicted molar refractivity (Wildman–Crippen MR) is 74.4 cm³/mol. The Morgan fingerprint density at radius 3 is 2.14 bits per heavy atom. The van der Waals surface area contributed by atoms with Gasteiger partial charge in [0, 0.05) is 6.42 Å². The molecule has 0 aliphatic heterocycles. The van der Waals surface area contributed by atoms with Crippen molar-refractivity contribution in [1.82, 2.24) is 0 Å². The Morgan fingerprint density at radius 2 is 1.71 bits per heavy atom. The fraction of sp³-hybridized carbons (Fsp3) is 0.385. The summed E-state index contributed by atoms with van der Waals surface area (Å²) in [6, 6.07) is 5.64. The maximum Gasteiger partial charge on any atom is 0.339 e. The highest BCUT2D eigenvalue weighted by molar-refractivity contribution is 7.93. The van der Waals surface area contributed by atoms with E-state index in [0.29, 0.717) is 0 Å². The molecule has 0 bridgehead atoms. The molecule has 1 aromatic carbocycles. The number of aryl methyl sites for hydroxylation is 1. The fourth-order valence-corrected chi connectivity index (χ4v) is 3.34. The Labute approximate surface area is 122 Å². The first kappa shape index (κ1) is 17.1. The van der Waals surface area contributed by atoms with Gasteiger partial charge in [0.2, 0.25) is 14.7 Å². The topological polar surface area (TPSA) is 135 Å². The summed E-state index contributed by atoms with van der Waals surface area (Å²) >= 11 is 0. The van der Waals surface area contributed by atoms with Crippen LogP contribution in [-0.4, -0.2) is 35.4 Å². The minimum absolute atomic E-state index is 0.150. The Bertz CT molecular complexity index is 637. The van der Waals surface area contributed by atoms with Gasteiger partial charge in [-0.3, -0.25) is 4.79 Å². The molecule has 1 unspecified atom stereocenters. The number of benzene rings is 1. The Kier molecular flexibility index (Phi) is 5.08. The number of aliphatic carboxylic acids is 2. The molecular weight excluding hydrogens is 298 g/mol. The van der Waals surface area contributed by atoms with Crippen LogP contribution in [-0.2, 0) is 19.4 Å². The Morgan fingerprint density at radius 1 is 1.19 bits per heavy atom. The van der Waals surface area contributed by atoms with Gasteiger partial charge in [0.1, 0.15) is 0 Å². The number of nitrogens with two attached hydrogens (primary N) is 1. The molecule has 0 fully saturated rings. The van der Waals surface area contributed by atoms with E-state index in [1.54, 1.807) is 6.92 Å². The first-order valence-corrected chi connectivity index (χ1v) is 7.65. The third-order valence-electron chi connectivity index (χ3n) is 3.11. The lowest BCUT2D eigenvalue weighted by molar-refractivity contribution is -0.141. The molecule has 0 saturated heterocycles. The summed E-state index contributed by atoms with van der Waals surface area (Å²) in [6.45, 7) is 1.76. The van der Waals surface area contributed by atoms with Gasteiger partial charge in [0.15, 0.2) is 0 Å². The zero-order valence-corrected chi connectivity index (χ0v) is 12.3. The minimum atomic E-state index is -4.33. The van der Waals surface area contributed by atoms with E-state index >= 15 is 0 Å². The van der Waals surface area contributed by atoms with Crippen molar-refractivity contribution in [2.75, 3.05) is 0 Å². The summed E-state index contributed by atoms with van der Waals surface area (Å²) in [7, 11) is -4.33. The van der Waals surface area contributed by atoms with Crippen molar-refractivity contribution in [3.63, 3.8) is 0 Å². The van der Waals surface area contributed by atoms with Gasteiger partial charge in [-0.1, -0.05) is 17.7 Å². The van der Waals surface area contributed by atoms with Crippen LogP contribution in [0.25, 0.3) is 0 Å². The predicted octanol–water partition coefficient (Wildman–Crippen LogP) is 0.763. The van der Waals surface area contributed by atoms with Crippen LogP contribution in [0.1, 0.15) is 24.8 Å². The Hall–Kier alpha value is -1.93. The van der Waals surface area contributed by atoms with Crippen LogP contribution in [0.15, 0.2) is 29.2 Å². The summed E-state index contributed by atoms with van der Waals surface area (Å²) in [6.07, 6.45) is -0.982. The van der Waals surface area contributed by atoms with E-state index < -0.39 is 33.1 Å². The highest BCUT2D eigenvalue weighted by Crippen LogP contribution is 2.27. The van der Waals surface area contributed by atoms with Crippen LogP contribution in [0.5, 0.6) is 0 Å². The van der Waals surface area contributed by atoms with Crippen LogP contribution >= 0.6 is 0 Å². The fourth-order valence-electron chi connectivity index (χ4n) is 1.79. The van der Waals surface area contributed by atoms with Crippen molar-refractivity contribution in [2.24, 2.45) is 5.73 Å². The molecule has 0 saturated carbocycles. The lowest BCUT2D eigenvalue weighted by Gasteiger charge is -2.24. The highest BCUT2D eigenvalue weighted by Gasteiger charge is 2.48. The molecule has 0 radical (unpaired) electrons. The van der Waals surface area contributed by atoms with Crippen LogP contribution in [0.2, 0.25) is 0 Å². The molecule has 116 valence electrons. The zero-order valence-electron chi connectivity index (χ0n) is 11.4. The largest absolute Gasteiger partial charge is 0.481 e. The molecule has 7 nitrogen and oxygen atoms in total. The average molecular weight is 315 g/mol. The van der Waals surface area contributed by atoms with E-state index in [9.17, 15) is 23.1 Å². The maximum atomic E-state index is 12.4. The SMILES string of the molecule is Cc1ccc(S(=O)(=O)C(N)(CCCC(=O)O)C(=O)O)cc1. The third-order valence-corrected chi connectivity index (χ3v) is 5.34. The van der Waals surface area contributed by atoms with E-state index in [1.165, 1.54) is 24.3 Å². The second-order valence-electron chi connectivity index (χ2n) is 4.76. The number of carboxylic acid groups (broad SMARTS) is 2. The Balaban J connectivity index is 3.16. The molecule has 1 rings (SSSR count). The molecule has 1 atom stereocenters. The smallest absolute Gasteiger partial charge is 0.339 e. The molecule has 0 aliphatic carbocycles. The maximum absolute atomic E-state index is 12.4. The summed E-state index contributed by atoms with van der Waals surface area (Å²) in [5.74, 6) is -2.84. The van der Waals surface area contributed by atoms with Crippen molar-refractivity contribution < 1.29 is 28.2 Å². The zero-order chi connectivity index (χ0) is 16.3.